The van der Waals surface area contributed by atoms with E-state index in [2.05, 4.69) is 4.74 Å². The Morgan fingerprint density at radius 1 is 1.04 bits per heavy atom. The van der Waals surface area contributed by atoms with Crippen LogP contribution in [0.15, 0.2) is 48.5 Å². The van der Waals surface area contributed by atoms with E-state index in [1.807, 2.05) is 30.3 Å². The molecular weight excluding hydrogens is 298 g/mol. The Labute approximate surface area is 133 Å². The second-order valence-electron chi connectivity index (χ2n) is 4.96. The van der Waals surface area contributed by atoms with Crippen molar-refractivity contribution in [2.45, 2.75) is 6.54 Å². The Morgan fingerprint density at radius 3 is 2.22 bits per heavy atom. The van der Waals surface area contributed by atoms with E-state index >= 15 is 0 Å². The van der Waals surface area contributed by atoms with Gasteiger partial charge in [-0.3, -0.25) is 9.59 Å². The summed E-state index contributed by atoms with van der Waals surface area (Å²) in [5.41, 5.74) is 0.927. The molecule has 23 heavy (non-hydrogen) atoms. The van der Waals surface area contributed by atoms with Crippen molar-refractivity contribution < 1.29 is 24.5 Å². The first-order valence-electron chi connectivity index (χ1n) is 6.92. The molecule has 0 radical (unpaired) electrons. The average molecular weight is 315 g/mol. The minimum absolute atomic E-state index is 0.0855. The SMILES string of the molecule is COC(=O)CN(Cc1ccccc1)C(=O)c1cc(O)cc(O)c1. The first-order chi connectivity index (χ1) is 11.0. The number of benzene rings is 2. The summed E-state index contributed by atoms with van der Waals surface area (Å²) in [5, 5.41) is 19.0. The van der Waals surface area contributed by atoms with Gasteiger partial charge < -0.3 is 19.8 Å². The maximum atomic E-state index is 12.6. The highest BCUT2D eigenvalue weighted by Crippen LogP contribution is 2.22. The van der Waals surface area contributed by atoms with Gasteiger partial charge in [-0.15, -0.1) is 0 Å². The van der Waals surface area contributed by atoms with Crippen molar-refractivity contribution in [1.82, 2.24) is 4.90 Å². The standard InChI is InChI=1S/C17H17NO5/c1-23-16(21)11-18(10-12-5-3-2-4-6-12)17(22)13-7-14(19)9-15(20)8-13/h2-9,19-20H,10-11H2,1H3. The Morgan fingerprint density at radius 2 is 1.65 bits per heavy atom. The summed E-state index contributed by atoms with van der Waals surface area (Å²) in [6, 6.07) is 12.8. The third-order valence-electron chi connectivity index (χ3n) is 3.20. The maximum Gasteiger partial charge on any atom is 0.325 e. The summed E-state index contributed by atoms with van der Waals surface area (Å²) >= 11 is 0. The number of hydrogen-bond donors (Lipinski definition) is 2. The van der Waals surface area contributed by atoms with Crippen LogP contribution in [0.3, 0.4) is 0 Å². The molecule has 2 rings (SSSR count). The number of aromatic hydroxyl groups is 2. The number of phenolic OH excluding ortho intramolecular Hbond substituents is 2. The van der Waals surface area contributed by atoms with Crippen molar-refractivity contribution in [2.24, 2.45) is 0 Å². The van der Waals surface area contributed by atoms with Crippen molar-refractivity contribution >= 4 is 11.9 Å². The number of hydrogen-bond acceptors (Lipinski definition) is 5. The van der Waals surface area contributed by atoms with Crippen molar-refractivity contribution in [1.29, 1.82) is 0 Å². The molecule has 0 heterocycles. The van der Waals surface area contributed by atoms with Crippen molar-refractivity contribution in [3.8, 4) is 11.5 Å². The number of phenols is 2. The van der Waals surface area contributed by atoms with E-state index in [0.29, 0.717) is 0 Å². The summed E-state index contributed by atoms with van der Waals surface area (Å²) < 4.78 is 4.62. The Bertz CT molecular complexity index is 679. The number of rotatable bonds is 5. The molecule has 2 N–H and O–H groups in total. The molecule has 0 aromatic heterocycles. The second kappa shape index (κ2) is 7.31. The number of amides is 1. The first-order valence-corrected chi connectivity index (χ1v) is 6.92. The molecule has 0 unspecified atom stereocenters. The Kier molecular flexibility index (Phi) is 5.19. The van der Waals surface area contributed by atoms with Crippen LogP contribution in [0.1, 0.15) is 15.9 Å². The van der Waals surface area contributed by atoms with Crippen molar-refractivity contribution in [3.63, 3.8) is 0 Å². The molecule has 2 aromatic rings. The van der Waals surface area contributed by atoms with Crippen LogP contribution in [-0.2, 0) is 16.1 Å². The number of carbonyl (C=O) groups is 2. The van der Waals surface area contributed by atoms with Gasteiger partial charge in [0.2, 0.25) is 0 Å². The van der Waals surface area contributed by atoms with Crippen LogP contribution in [0.25, 0.3) is 0 Å². The van der Waals surface area contributed by atoms with Crippen LogP contribution in [-0.4, -0.2) is 40.6 Å². The topological polar surface area (TPSA) is 87.1 Å². The lowest BCUT2D eigenvalue weighted by Crippen LogP contribution is -2.35. The molecule has 0 aliphatic rings. The zero-order valence-electron chi connectivity index (χ0n) is 12.6. The molecule has 0 spiro atoms. The molecule has 0 aliphatic carbocycles. The zero-order chi connectivity index (χ0) is 16.8. The highest BCUT2D eigenvalue weighted by Gasteiger charge is 2.20. The zero-order valence-corrected chi connectivity index (χ0v) is 12.6. The van der Waals surface area contributed by atoms with Gasteiger partial charge in [-0.05, 0) is 17.7 Å². The molecule has 0 saturated carbocycles. The number of nitrogens with zero attached hydrogens (tertiary/aromatic N) is 1. The predicted octanol–water partition coefficient (Wildman–Crippen LogP) is 1.91. The maximum absolute atomic E-state index is 12.6. The average Bonchev–Trinajstić information content (AvgIpc) is 2.53. The van der Waals surface area contributed by atoms with Crippen LogP contribution in [0, 0.1) is 0 Å². The number of carbonyl (C=O) groups excluding carboxylic acids is 2. The minimum atomic E-state index is -0.557. The van der Waals surface area contributed by atoms with Crippen molar-refractivity contribution in [2.75, 3.05) is 13.7 Å². The van der Waals surface area contributed by atoms with E-state index < -0.39 is 11.9 Å². The van der Waals surface area contributed by atoms with Crippen LogP contribution in [0.2, 0.25) is 0 Å². The molecule has 6 nitrogen and oxygen atoms in total. The van der Waals surface area contributed by atoms with Gasteiger partial charge in [-0.2, -0.15) is 0 Å². The lowest BCUT2D eigenvalue weighted by atomic mass is 10.1. The summed E-state index contributed by atoms with van der Waals surface area (Å²) in [6.45, 7) is -0.0359. The third-order valence-corrected chi connectivity index (χ3v) is 3.20. The summed E-state index contributed by atoms with van der Waals surface area (Å²) in [6.07, 6.45) is 0. The number of ether oxygens (including phenoxy) is 1. The molecule has 6 heteroatoms. The monoisotopic (exact) mass is 315 g/mol. The summed E-state index contributed by atoms with van der Waals surface area (Å²) in [7, 11) is 1.24. The molecule has 120 valence electrons. The third kappa shape index (κ3) is 4.47. The van der Waals surface area contributed by atoms with Gasteiger partial charge >= 0.3 is 5.97 Å². The van der Waals surface area contributed by atoms with E-state index in [9.17, 15) is 19.8 Å². The number of methoxy groups -OCH3 is 1. The van der Waals surface area contributed by atoms with Crippen LogP contribution < -0.4 is 0 Å². The molecule has 0 atom stereocenters. The van der Waals surface area contributed by atoms with E-state index in [-0.39, 0.29) is 30.2 Å². The predicted molar refractivity (Wildman–Crippen MR) is 83.0 cm³/mol. The highest BCUT2D eigenvalue weighted by molar-refractivity contribution is 5.96. The quantitative estimate of drug-likeness (QED) is 0.823. The van der Waals surface area contributed by atoms with Crippen molar-refractivity contribution in [3.05, 3.63) is 59.7 Å². The molecule has 0 aliphatic heterocycles. The fourth-order valence-corrected chi connectivity index (χ4v) is 2.12. The smallest absolute Gasteiger partial charge is 0.325 e. The van der Waals surface area contributed by atoms with E-state index in [4.69, 9.17) is 0 Å². The second-order valence-corrected chi connectivity index (χ2v) is 4.96. The highest BCUT2D eigenvalue weighted by atomic mass is 16.5. The fourth-order valence-electron chi connectivity index (χ4n) is 2.12. The van der Waals surface area contributed by atoms with E-state index in [1.54, 1.807) is 0 Å². The van der Waals surface area contributed by atoms with Gasteiger partial charge in [0.1, 0.15) is 18.0 Å². The lowest BCUT2D eigenvalue weighted by molar-refractivity contribution is -0.141. The Balaban J connectivity index is 2.28. The fraction of sp³-hybridized carbons (Fsp3) is 0.176. The first kappa shape index (κ1) is 16.4. The lowest BCUT2D eigenvalue weighted by Gasteiger charge is -2.22. The molecule has 0 bridgehead atoms. The normalized spacial score (nSPS) is 10.1. The van der Waals surface area contributed by atoms with Crippen LogP contribution in [0.4, 0.5) is 0 Å². The number of esters is 1. The molecule has 2 aromatic carbocycles. The van der Waals surface area contributed by atoms with Gasteiger partial charge in [0.15, 0.2) is 0 Å². The molecule has 0 saturated heterocycles. The van der Waals surface area contributed by atoms with Gasteiger partial charge in [0.25, 0.3) is 5.91 Å². The van der Waals surface area contributed by atoms with Gasteiger partial charge in [0.05, 0.1) is 7.11 Å². The van der Waals surface area contributed by atoms with E-state index in [0.717, 1.165) is 11.6 Å². The van der Waals surface area contributed by atoms with E-state index in [1.165, 1.54) is 24.1 Å². The molecule has 0 fully saturated rings. The van der Waals surface area contributed by atoms with Crippen LogP contribution >= 0.6 is 0 Å². The minimum Gasteiger partial charge on any atom is -0.508 e. The van der Waals surface area contributed by atoms with Gasteiger partial charge in [0, 0.05) is 18.2 Å². The largest absolute Gasteiger partial charge is 0.508 e. The van der Waals surface area contributed by atoms with Gasteiger partial charge in [-0.1, -0.05) is 30.3 Å². The molecule has 1 amide bonds. The van der Waals surface area contributed by atoms with Crippen LogP contribution in [0.5, 0.6) is 11.5 Å². The summed E-state index contributed by atoms with van der Waals surface area (Å²) in [5.74, 6) is -1.51. The summed E-state index contributed by atoms with van der Waals surface area (Å²) in [4.78, 5) is 25.5. The van der Waals surface area contributed by atoms with Gasteiger partial charge in [-0.25, -0.2) is 0 Å². The molecular formula is C17H17NO5. The Hall–Kier alpha value is -3.02.